The first-order chi connectivity index (χ1) is 15.1. The molecule has 0 unspecified atom stereocenters. The number of thiophene rings is 1. The smallest absolute Gasteiger partial charge is 0.348 e. The van der Waals surface area contributed by atoms with Gasteiger partial charge in [-0.25, -0.2) is 9.59 Å². The number of benzene rings is 2. The van der Waals surface area contributed by atoms with Gasteiger partial charge in [-0.2, -0.15) is 0 Å². The lowest BCUT2D eigenvalue weighted by Gasteiger charge is -2.04. The Labute approximate surface area is 179 Å². The van der Waals surface area contributed by atoms with Gasteiger partial charge in [0.25, 0.3) is 5.56 Å². The van der Waals surface area contributed by atoms with Crippen LogP contribution in [0.3, 0.4) is 0 Å². The number of carbonyl (C=O) groups excluding carboxylic acids is 1. The minimum absolute atomic E-state index is 0.0402. The summed E-state index contributed by atoms with van der Waals surface area (Å²) in [7, 11) is 0. The molecule has 2 aromatic heterocycles. The first-order valence-electron chi connectivity index (χ1n) is 9.45. The lowest BCUT2D eigenvalue weighted by Crippen LogP contribution is -2.34. The molecule has 0 fully saturated rings. The highest BCUT2D eigenvalue weighted by Crippen LogP contribution is 2.32. The maximum absolute atomic E-state index is 12.8. The van der Waals surface area contributed by atoms with Crippen LogP contribution in [0.2, 0.25) is 0 Å². The second-order valence-corrected chi connectivity index (χ2v) is 7.98. The molecule has 0 spiro atoms. The second-order valence-electron chi connectivity index (χ2n) is 6.92. The average Bonchev–Trinajstić information content (AvgIpc) is 3.42. The second kappa shape index (κ2) is 7.77. The van der Waals surface area contributed by atoms with Crippen LogP contribution in [0.25, 0.3) is 10.2 Å². The minimum atomic E-state index is -0.575. The first kappa shape index (κ1) is 19.1. The van der Waals surface area contributed by atoms with Gasteiger partial charge in [0.15, 0.2) is 11.5 Å². The van der Waals surface area contributed by atoms with Gasteiger partial charge in [-0.1, -0.05) is 36.4 Å². The minimum Gasteiger partial charge on any atom is -0.457 e. The van der Waals surface area contributed by atoms with Crippen molar-refractivity contribution >= 4 is 27.5 Å². The van der Waals surface area contributed by atoms with E-state index in [1.807, 2.05) is 30.3 Å². The van der Waals surface area contributed by atoms with Gasteiger partial charge >= 0.3 is 11.7 Å². The summed E-state index contributed by atoms with van der Waals surface area (Å²) in [6, 6.07) is 16.0. The summed E-state index contributed by atoms with van der Waals surface area (Å²) in [5.41, 5.74) is 0.600. The van der Waals surface area contributed by atoms with Gasteiger partial charge in [0.05, 0.1) is 11.9 Å². The summed E-state index contributed by atoms with van der Waals surface area (Å²) in [6.45, 7) is 0.351. The molecule has 0 saturated carbocycles. The molecule has 1 aliphatic heterocycles. The van der Waals surface area contributed by atoms with Gasteiger partial charge in [-0.15, -0.1) is 11.3 Å². The van der Waals surface area contributed by atoms with Gasteiger partial charge < -0.3 is 14.2 Å². The summed E-state index contributed by atoms with van der Waals surface area (Å²) >= 11 is 1.02. The van der Waals surface area contributed by atoms with E-state index < -0.39 is 17.2 Å². The van der Waals surface area contributed by atoms with Crippen LogP contribution in [0, 0.1) is 0 Å². The van der Waals surface area contributed by atoms with Crippen LogP contribution >= 0.6 is 11.3 Å². The van der Waals surface area contributed by atoms with Crippen molar-refractivity contribution in [2.75, 3.05) is 6.79 Å². The van der Waals surface area contributed by atoms with E-state index in [0.29, 0.717) is 16.3 Å². The predicted octanol–water partition coefficient (Wildman–Crippen LogP) is 2.89. The van der Waals surface area contributed by atoms with Crippen molar-refractivity contribution in [1.82, 2.24) is 9.55 Å². The molecule has 1 N–H and O–H groups in total. The molecule has 3 heterocycles. The Morgan fingerprint density at radius 3 is 2.68 bits per heavy atom. The van der Waals surface area contributed by atoms with E-state index >= 15 is 0 Å². The van der Waals surface area contributed by atoms with Crippen molar-refractivity contribution < 1.29 is 19.0 Å². The molecule has 0 saturated heterocycles. The Morgan fingerprint density at radius 2 is 1.84 bits per heavy atom. The highest BCUT2D eigenvalue weighted by molar-refractivity contribution is 7.20. The highest BCUT2D eigenvalue weighted by Gasteiger charge is 2.18. The van der Waals surface area contributed by atoms with E-state index in [9.17, 15) is 14.4 Å². The van der Waals surface area contributed by atoms with E-state index in [2.05, 4.69) is 4.98 Å². The molecular weight excluding hydrogens is 420 g/mol. The van der Waals surface area contributed by atoms with E-state index in [4.69, 9.17) is 14.2 Å². The normalized spacial score (nSPS) is 12.3. The van der Waals surface area contributed by atoms with Gasteiger partial charge in [0.1, 0.15) is 16.3 Å². The van der Waals surface area contributed by atoms with Crippen molar-refractivity contribution in [3.8, 4) is 11.5 Å². The molecule has 1 aliphatic rings. The molecule has 0 radical (unpaired) electrons. The molecule has 156 valence electrons. The zero-order chi connectivity index (χ0) is 21.4. The van der Waals surface area contributed by atoms with Crippen molar-refractivity contribution in [2.24, 2.45) is 0 Å². The quantitative estimate of drug-likeness (QED) is 0.483. The first-order valence-corrected chi connectivity index (χ1v) is 10.3. The van der Waals surface area contributed by atoms with Crippen LogP contribution in [0.4, 0.5) is 0 Å². The molecule has 0 bridgehead atoms. The molecular formula is C22H16N2O6S. The highest BCUT2D eigenvalue weighted by atomic mass is 32.1. The number of hydrogen-bond donors (Lipinski definition) is 1. The van der Waals surface area contributed by atoms with Crippen LogP contribution in [0.1, 0.15) is 20.8 Å². The number of aromatic amines is 1. The number of fused-ring (bicyclic) bond motifs is 2. The third-order valence-electron chi connectivity index (χ3n) is 4.86. The van der Waals surface area contributed by atoms with E-state index in [-0.39, 0.29) is 30.2 Å². The SMILES string of the molecule is O=C(OCc1ccc2c(c1)OCO2)c1cc2c(=O)n(Cc3ccccc3)c(=O)[nH]c2s1. The van der Waals surface area contributed by atoms with E-state index in [0.717, 1.165) is 27.0 Å². The fraction of sp³-hybridized carbons (Fsp3) is 0.136. The van der Waals surface area contributed by atoms with Crippen molar-refractivity contribution in [2.45, 2.75) is 13.2 Å². The monoisotopic (exact) mass is 436 g/mol. The summed E-state index contributed by atoms with van der Waals surface area (Å²) in [4.78, 5) is 41.1. The Balaban J connectivity index is 1.38. The fourth-order valence-corrected chi connectivity index (χ4v) is 4.24. The standard InChI is InChI=1S/C22H16N2O6S/c25-20-15-9-18(21(26)28-11-14-6-7-16-17(8-14)30-12-29-16)31-19(15)23-22(27)24(20)10-13-4-2-1-3-5-13/h1-9H,10-12H2,(H,23,27). The lowest BCUT2D eigenvalue weighted by atomic mass is 10.2. The maximum atomic E-state index is 12.8. The number of rotatable bonds is 5. The number of nitrogens with one attached hydrogen (secondary N) is 1. The molecule has 4 aromatic rings. The van der Waals surface area contributed by atoms with Crippen LogP contribution in [-0.4, -0.2) is 22.3 Å². The van der Waals surface area contributed by atoms with Gasteiger partial charge in [-0.05, 0) is 29.3 Å². The molecule has 0 amide bonds. The summed E-state index contributed by atoms with van der Waals surface area (Å²) < 4.78 is 17.1. The number of H-pyrrole nitrogens is 1. The molecule has 31 heavy (non-hydrogen) atoms. The molecule has 5 rings (SSSR count). The van der Waals surface area contributed by atoms with Gasteiger partial charge in [-0.3, -0.25) is 14.3 Å². The summed E-state index contributed by atoms with van der Waals surface area (Å²) in [5.74, 6) is 0.677. The third-order valence-corrected chi connectivity index (χ3v) is 5.90. The van der Waals surface area contributed by atoms with Gasteiger partial charge in [0, 0.05) is 0 Å². The number of esters is 1. The van der Waals surface area contributed by atoms with Crippen molar-refractivity contribution in [3.63, 3.8) is 0 Å². The molecule has 8 nitrogen and oxygen atoms in total. The predicted molar refractivity (Wildman–Crippen MR) is 114 cm³/mol. The summed E-state index contributed by atoms with van der Waals surface area (Å²) in [6.07, 6.45) is 0. The zero-order valence-electron chi connectivity index (χ0n) is 16.1. The van der Waals surface area contributed by atoms with Crippen molar-refractivity contribution in [1.29, 1.82) is 0 Å². The van der Waals surface area contributed by atoms with Crippen LogP contribution in [0.15, 0.2) is 64.2 Å². The largest absolute Gasteiger partial charge is 0.457 e. The zero-order valence-corrected chi connectivity index (χ0v) is 16.9. The Kier molecular flexibility index (Phi) is 4.79. The molecule has 2 aromatic carbocycles. The maximum Gasteiger partial charge on any atom is 0.348 e. The lowest BCUT2D eigenvalue weighted by molar-refractivity contribution is 0.0478. The van der Waals surface area contributed by atoms with Gasteiger partial charge in [0.2, 0.25) is 6.79 Å². The van der Waals surface area contributed by atoms with E-state index in [1.165, 1.54) is 6.07 Å². The molecule has 0 atom stereocenters. The fourth-order valence-electron chi connectivity index (χ4n) is 3.31. The van der Waals surface area contributed by atoms with Crippen molar-refractivity contribution in [3.05, 3.63) is 91.4 Å². The van der Waals surface area contributed by atoms with Crippen LogP contribution in [-0.2, 0) is 17.9 Å². The molecule has 0 aliphatic carbocycles. The summed E-state index contributed by atoms with van der Waals surface area (Å²) in [5, 5.41) is 0.274. The van der Waals surface area contributed by atoms with Crippen LogP contribution < -0.4 is 20.7 Å². The topological polar surface area (TPSA) is 99.6 Å². The number of aromatic nitrogens is 2. The number of hydrogen-bond acceptors (Lipinski definition) is 7. The third kappa shape index (κ3) is 3.71. The Bertz CT molecular complexity index is 1400. The van der Waals surface area contributed by atoms with Crippen LogP contribution in [0.5, 0.6) is 11.5 Å². The number of ether oxygens (including phenoxy) is 3. The molecule has 9 heteroatoms. The number of carbonyl (C=O) groups is 1. The average molecular weight is 436 g/mol. The number of nitrogens with zero attached hydrogens (tertiary/aromatic N) is 1. The Hall–Kier alpha value is -3.85. The van der Waals surface area contributed by atoms with E-state index in [1.54, 1.807) is 18.2 Å². The Morgan fingerprint density at radius 1 is 1.03 bits per heavy atom.